The molecule has 0 aliphatic carbocycles. The van der Waals surface area contributed by atoms with Crippen molar-refractivity contribution in [3.8, 4) is 5.75 Å². The predicted molar refractivity (Wildman–Crippen MR) is 66.2 cm³/mol. The first kappa shape index (κ1) is 12.0. The SMILES string of the molecule is CCCOc1ccccc1C(O)c1csnn1. The van der Waals surface area contributed by atoms with E-state index in [0.29, 0.717) is 18.1 Å². The maximum absolute atomic E-state index is 10.2. The number of aliphatic hydroxyl groups excluding tert-OH is 1. The van der Waals surface area contributed by atoms with Crippen LogP contribution in [-0.2, 0) is 0 Å². The highest BCUT2D eigenvalue weighted by Gasteiger charge is 2.17. The highest BCUT2D eigenvalue weighted by atomic mass is 32.1. The summed E-state index contributed by atoms with van der Waals surface area (Å²) in [4.78, 5) is 0. The number of aliphatic hydroxyl groups is 1. The van der Waals surface area contributed by atoms with Crippen LogP contribution < -0.4 is 4.74 Å². The van der Waals surface area contributed by atoms with E-state index in [1.165, 1.54) is 11.5 Å². The van der Waals surface area contributed by atoms with Crippen LogP contribution in [0.3, 0.4) is 0 Å². The van der Waals surface area contributed by atoms with E-state index in [2.05, 4.69) is 9.59 Å². The second kappa shape index (κ2) is 5.75. The van der Waals surface area contributed by atoms with E-state index in [9.17, 15) is 5.11 Å². The van der Waals surface area contributed by atoms with Crippen LogP contribution in [0.2, 0.25) is 0 Å². The van der Waals surface area contributed by atoms with Crippen molar-refractivity contribution in [2.75, 3.05) is 6.61 Å². The van der Waals surface area contributed by atoms with Crippen LogP contribution in [0.1, 0.15) is 30.7 Å². The van der Waals surface area contributed by atoms with Gasteiger partial charge in [-0.3, -0.25) is 0 Å². The Balaban J connectivity index is 2.25. The third kappa shape index (κ3) is 2.81. The maximum atomic E-state index is 10.2. The smallest absolute Gasteiger partial charge is 0.127 e. The molecule has 1 heterocycles. The molecule has 17 heavy (non-hydrogen) atoms. The van der Waals surface area contributed by atoms with Crippen LogP contribution in [0.15, 0.2) is 29.6 Å². The second-order valence-electron chi connectivity index (χ2n) is 3.62. The van der Waals surface area contributed by atoms with Gasteiger partial charge in [0.1, 0.15) is 17.5 Å². The van der Waals surface area contributed by atoms with Gasteiger partial charge in [-0.1, -0.05) is 29.6 Å². The molecule has 0 saturated heterocycles. The van der Waals surface area contributed by atoms with Gasteiger partial charge in [-0.25, -0.2) is 0 Å². The summed E-state index contributed by atoms with van der Waals surface area (Å²) in [6, 6.07) is 7.46. The topological polar surface area (TPSA) is 55.2 Å². The number of hydrogen-bond donors (Lipinski definition) is 1. The summed E-state index contributed by atoms with van der Waals surface area (Å²) >= 11 is 1.22. The lowest BCUT2D eigenvalue weighted by molar-refractivity contribution is 0.206. The summed E-state index contributed by atoms with van der Waals surface area (Å²) in [7, 11) is 0. The zero-order chi connectivity index (χ0) is 12.1. The molecule has 1 unspecified atom stereocenters. The molecule has 1 N–H and O–H groups in total. The maximum Gasteiger partial charge on any atom is 0.127 e. The minimum Gasteiger partial charge on any atom is -0.493 e. The van der Waals surface area contributed by atoms with Crippen molar-refractivity contribution in [3.05, 3.63) is 40.9 Å². The molecule has 1 atom stereocenters. The van der Waals surface area contributed by atoms with Gasteiger partial charge in [-0.05, 0) is 24.0 Å². The van der Waals surface area contributed by atoms with E-state index in [1.54, 1.807) is 5.38 Å². The fourth-order valence-electron chi connectivity index (χ4n) is 1.50. The number of benzene rings is 1. The average molecular weight is 250 g/mol. The molecular weight excluding hydrogens is 236 g/mol. The Hall–Kier alpha value is -1.46. The van der Waals surface area contributed by atoms with Crippen LogP contribution in [0, 0.1) is 0 Å². The second-order valence-corrected chi connectivity index (χ2v) is 4.23. The summed E-state index contributed by atoms with van der Waals surface area (Å²) in [5, 5.41) is 15.8. The molecule has 0 spiro atoms. The van der Waals surface area contributed by atoms with Gasteiger partial charge in [0.15, 0.2) is 0 Å². The van der Waals surface area contributed by atoms with Crippen molar-refractivity contribution < 1.29 is 9.84 Å². The van der Waals surface area contributed by atoms with Crippen LogP contribution in [-0.4, -0.2) is 21.3 Å². The van der Waals surface area contributed by atoms with E-state index in [1.807, 2.05) is 31.2 Å². The lowest BCUT2D eigenvalue weighted by Crippen LogP contribution is -2.05. The molecule has 5 heteroatoms. The van der Waals surface area contributed by atoms with Crippen LogP contribution in [0.25, 0.3) is 0 Å². The molecule has 0 bridgehead atoms. The van der Waals surface area contributed by atoms with Crippen molar-refractivity contribution in [3.63, 3.8) is 0 Å². The Kier molecular flexibility index (Phi) is 4.06. The molecule has 1 aromatic carbocycles. The van der Waals surface area contributed by atoms with Crippen molar-refractivity contribution >= 4 is 11.5 Å². The number of hydrogen-bond acceptors (Lipinski definition) is 5. The third-order valence-corrected chi connectivity index (χ3v) is 2.86. The fraction of sp³-hybridized carbons (Fsp3) is 0.333. The number of nitrogens with zero attached hydrogens (tertiary/aromatic N) is 2. The van der Waals surface area contributed by atoms with Gasteiger partial charge in [0.25, 0.3) is 0 Å². The molecule has 0 aliphatic rings. The minimum absolute atomic E-state index is 0.558. The summed E-state index contributed by atoms with van der Waals surface area (Å²) in [6.45, 7) is 2.68. The Labute approximate surface area is 104 Å². The molecule has 2 aromatic rings. The van der Waals surface area contributed by atoms with Gasteiger partial charge >= 0.3 is 0 Å². The Morgan fingerprint density at radius 2 is 2.24 bits per heavy atom. The van der Waals surface area contributed by atoms with Crippen molar-refractivity contribution in [2.45, 2.75) is 19.4 Å². The van der Waals surface area contributed by atoms with Gasteiger partial charge < -0.3 is 9.84 Å². The fourth-order valence-corrected chi connectivity index (χ4v) is 1.97. The summed E-state index contributed by atoms with van der Waals surface area (Å²) < 4.78 is 9.35. The third-order valence-electron chi connectivity index (χ3n) is 2.33. The van der Waals surface area contributed by atoms with E-state index < -0.39 is 6.10 Å². The first-order chi connectivity index (χ1) is 8.33. The lowest BCUT2D eigenvalue weighted by Gasteiger charge is -2.13. The number of aromatic nitrogens is 2. The minimum atomic E-state index is -0.776. The van der Waals surface area contributed by atoms with Gasteiger partial charge in [0, 0.05) is 10.9 Å². The first-order valence-corrected chi connectivity index (χ1v) is 6.33. The predicted octanol–water partition coefficient (Wildman–Crippen LogP) is 2.41. The molecule has 0 fully saturated rings. The molecular formula is C12H14N2O2S. The molecule has 2 rings (SSSR count). The average Bonchev–Trinajstić information content (AvgIpc) is 2.89. The van der Waals surface area contributed by atoms with E-state index in [4.69, 9.17) is 4.74 Å². The van der Waals surface area contributed by atoms with Gasteiger partial charge in [-0.2, -0.15) is 0 Å². The normalized spacial score (nSPS) is 12.4. The molecule has 0 saturated carbocycles. The van der Waals surface area contributed by atoms with Crippen LogP contribution >= 0.6 is 11.5 Å². The van der Waals surface area contributed by atoms with Gasteiger partial charge in [0.05, 0.1) is 6.61 Å². The number of ether oxygens (including phenoxy) is 1. The summed E-state index contributed by atoms with van der Waals surface area (Å²) in [5.74, 6) is 0.704. The Morgan fingerprint density at radius 1 is 1.41 bits per heavy atom. The van der Waals surface area contributed by atoms with Crippen LogP contribution in [0.5, 0.6) is 5.75 Å². The van der Waals surface area contributed by atoms with Crippen molar-refractivity contribution in [1.82, 2.24) is 9.59 Å². The summed E-state index contributed by atoms with van der Waals surface area (Å²) in [6.07, 6.45) is 0.157. The van der Waals surface area contributed by atoms with E-state index >= 15 is 0 Å². The summed E-state index contributed by atoms with van der Waals surface area (Å²) in [5.41, 5.74) is 1.29. The standard InChI is InChI=1S/C12H14N2O2S/c1-2-7-16-11-6-4-3-5-9(11)12(15)10-8-17-14-13-10/h3-6,8,12,15H,2,7H2,1H3. The molecule has 0 radical (unpaired) electrons. The molecule has 4 nitrogen and oxygen atoms in total. The first-order valence-electron chi connectivity index (χ1n) is 5.49. The molecule has 0 amide bonds. The monoisotopic (exact) mass is 250 g/mol. The number of para-hydroxylation sites is 1. The lowest BCUT2D eigenvalue weighted by atomic mass is 10.1. The number of rotatable bonds is 5. The van der Waals surface area contributed by atoms with Crippen molar-refractivity contribution in [2.24, 2.45) is 0 Å². The Bertz CT molecular complexity index is 459. The van der Waals surface area contributed by atoms with Gasteiger partial charge in [0.2, 0.25) is 0 Å². The zero-order valence-corrected chi connectivity index (χ0v) is 10.4. The van der Waals surface area contributed by atoms with Crippen LogP contribution in [0.4, 0.5) is 0 Å². The van der Waals surface area contributed by atoms with E-state index in [0.717, 1.165) is 12.0 Å². The largest absolute Gasteiger partial charge is 0.493 e. The molecule has 0 aliphatic heterocycles. The quantitative estimate of drug-likeness (QED) is 0.885. The Morgan fingerprint density at radius 3 is 2.94 bits per heavy atom. The highest BCUT2D eigenvalue weighted by molar-refractivity contribution is 7.03. The van der Waals surface area contributed by atoms with E-state index in [-0.39, 0.29) is 0 Å². The zero-order valence-electron chi connectivity index (χ0n) is 9.54. The van der Waals surface area contributed by atoms with Gasteiger partial charge in [-0.15, -0.1) is 5.10 Å². The molecule has 90 valence electrons. The van der Waals surface area contributed by atoms with Crippen molar-refractivity contribution in [1.29, 1.82) is 0 Å². The molecule has 1 aromatic heterocycles. The highest BCUT2D eigenvalue weighted by Crippen LogP contribution is 2.29.